The second-order valence-electron chi connectivity index (χ2n) is 2.78. The molecule has 0 heterocycles. The van der Waals surface area contributed by atoms with E-state index in [2.05, 4.69) is 27.2 Å². The molecule has 0 aliphatic heterocycles. The molecule has 0 saturated carbocycles. The molecule has 0 N–H and O–H groups in total. The maximum absolute atomic E-state index is 10.9. The van der Waals surface area contributed by atoms with Crippen LogP contribution < -0.4 is 0 Å². The highest BCUT2D eigenvalue weighted by Gasteiger charge is 2.13. The molecule has 4 heteroatoms. The number of methoxy groups -OCH3 is 1. The van der Waals surface area contributed by atoms with Crippen molar-refractivity contribution in [2.75, 3.05) is 7.11 Å². The molecule has 15 heavy (non-hydrogen) atoms. The molecule has 0 aliphatic carbocycles. The van der Waals surface area contributed by atoms with E-state index < -0.39 is 12.3 Å². The molecule has 0 aliphatic rings. The minimum Gasteiger partial charge on any atom is -0.438 e. The van der Waals surface area contributed by atoms with Crippen LogP contribution in [0.1, 0.15) is 11.7 Å². The summed E-state index contributed by atoms with van der Waals surface area (Å²) < 4.78 is 10.3. The summed E-state index contributed by atoms with van der Waals surface area (Å²) >= 11 is 3.34. The lowest BCUT2D eigenvalue weighted by Crippen LogP contribution is -2.09. The Labute approximate surface area is 96.8 Å². The first-order valence-corrected chi connectivity index (χ1v) is 5.09. The summed E-state index contributed by atoms with van der Waals surface area (Å²) in [7, 11) is 1.27. The summed E-state index contributed by atoms with van der Waals surface area (Å²) in [4.78, 5) is 10.9. The molecule has 0 unspecified atom stereocenters. The molecule has 0 radical (unpaired) electrons. The van der Waals surface area contributed by atoms with Crippen molar-refractivity contribution in [3.8, 4) is 0 Å². The van der Waals surface area contributed by atoms with Crippen LogP contribution in [0.25, 0.3) is 0 Å². The van der Waals surface area contributed by atoms with Crippen LogP contribution in [0.2, 0.25) is 0 Å². The lowest BCUT2D eigenvalue weighted by atomic mass is 10.1. The van der Waals surface area contributed by atoms with Crippen molar-refractivity contribution in [2.45, 2.75) is 6.10 Å². The van der Waals surface area contributed by atoms with Gasteiger partial charge in [0.05, 0.1) is 7.11 Å². The summed E-state index contributed by atoms with van der Waals surface area (Å²) in [5.41, 5.74) is 0.838. The largest absolute Gasteiger partial charge is 0.508 e. The van der Waals surface area contributed by atoms with E-state index in [9.17, 15) is 4.79 Å². The van der Waals surface area contributed by atoms with E-state index in [1.54, 1.807) is 6.08 Å². The minimum absolute atomic E-state index is 0.491. The lowest BCUT2D eigenvalue weighted by molar-refractivity contribution is 0.0522. The normalized spacial score (nSPS) is 11.6. The molecule has 0 aromatic heterocycles. The predicted molar refractivity (Wildman–Crippen MR) is 60.6 cm³/mol. The van der Waals surface area contributed by atoms with Crippen LogP contribution in [0.15, 0.2) is 41.4 Å². The average Bonchev–Trinajstić information content (AvgIpc) is 2.25. The standard InChI is InChI=1S/C11H11BrO3/c1-3-10(15-11(13)14-2)8-5-4-6-9(12)7-8/h3-7,10H,1H2,2H3/t10-/m1/s1. The van der Waals surface area contributed by atoms with Crippen molar-refractivity contribution in [3.63, 3.8) is 0 Å². The van der Waals surface area contributed by atoms with Gasteiger partial charge in [-0.3, -0.25) is 0 Å². The lowest BCUT2D eigenvalue weighted by Gasteiger charge is -2.13. The van der Waals surface area contributed by atoms with Crippen LogP contribution >= 0.6 is 15.9 Å². The van der Waals surface area contributed by atoms with Crippen LogP contribution in [0, 0.1) is 0 Å². The SMILES string of the molecule is C=C[C@@H](OC(=O)OC)c1cccc(Br)c1. The van der Waals surface area contributed by atoms with Gasteiger partial charge in [-0.1, -0.05) is 34.6 Å². The first-order chi connectivity index (χ1) is 7.17. The molecule has 1 aromatic rings. The van der Waals surface area contributed by atoms with Gasteiger partial charge in [-0.15, -0.1) is 0 Å². The first kappa shape index (κ1) is 11.8. The molecule has 0 bridgehead atoms. The molecule has 0 amide bonds. The number of ether oxygens (including phenoxy) is 2. The van der Waals surface area contributed by atoms with Crippen molar-refractivity contribution in [1.29, 1.82) is 0 Å². The topological polar surface area (TPSA) is 35.5 Å². The Kier molecular flexibility index (Phi) is 4.37. The minimum atomic E-state index is -0.722. The number of carbonyl (C=O) groups excluding carboxylic acids is 1. The van der Waals surface area contributed by atoms with Crippen LogP contribution in [-0.2, 0) is 9.47 Å². The second-order valence-corrected chi connectivity index (χ2v) is 3.70. The molecular formula is C11H11BrO3. The Bertz CT molecular complexity index is 363. The average molecular weight is 271 g/mol. The zero-order chi connectivity index (χ0) is 11.3. The third-order valence-corrected chi connectivity index (χ3v) is 2.27. The van der Waals surface area contributed by atoms with Crippen molar-refractivity contribution in [2.24, 2.45) is 0 Å². The number of benzene rings is 1. The fraction of sp³-hybridized carbons (Fsp3) is 0.182. The summed E-state index contributed by atoms with van der Waals surface area (Å²) in [5, 5.41) is 0. The zero-order valence-electron chi connectivity index (χ0n) is 8.27. The number of hydrogen-bond acceptors (Lipinski definition) is 3. The van der Waals surface area contributed by atoms with E-state index in [1.165, 1.54) is 7.11 Å². The van der Waals surface area contributed by atoms with E-state index in [0.717, 1.165) is 10.0 Å². The fourth-order valence-corrected chi connectivity index (χ4v) is 1.50. The summed E-state index contributed by atoms with van der Waals surface area (Å²) in [6.07, 6.45) is 0.327. The predicted octanol–water partition coefficient (Wildman–Crippen LogP) is 3.46. The van der Waals surface area contributed by atoms with Gasteiger partial charge < -0.3 is 9.47 Å². The molecular weight excluding hydrogens is 260 g/mol. The maximum Gasteiger partial charge on any atom is 0.508 e. The smallest absolute Gasteiger partial charge is 0.438 e. The van der Waals surface area contributed by atoms with Gasteiger partial charge in [0.1, 0.15) is 6.10 Å². The van der Waals surface area contributed by atoms with Gasteiger partial charge in [0.2, 0.25) is 0 Å². The fourth-order valence-electron chi connectivity index (χ4n) is 1.09. The highest BCUT2D eigenvalue weighted by Crippen LogP contribution is 2.22. The van der Waals surface area contributed by atoms with E-state index in [1.807, 2.05) is 24.3 Å². The highest BCUT2D eigenvalue weighted by atomic mass is 79.9. The van der Waals surface area contributed by atoms with Crippen molar-refractivity contribution >= 4 is 22.1 Å². The molecule has 1 atom stereocenters. The van der Waals surface area contributed by atoms with Gasteiger partial charge >= 0.3 is 6.16 Å². The first-order valence-electron chi connectivity index (χ1n) is 4.30. The zero-order valence-corrected chi connectivity index (χ0v) is 9.86. The van der Waals surface area contributed by atoms with Crippen LogP contribution in [0.3, 0.4) is 0 Å². The van der Waals surface area contributed by atoms with Crippen molar-refractivity contribution < 1.29 is 14.3 Å². The Morgan fingerprint density at radius 2 is 2.33 bits per heavy atom. The number of hydrogen-bond donors (Lipinski definition) is 0. The molecule has 0 spiro atoms. The monoisotopic (exact) mass is 270 g/mol. The van der Waals surface area contributed by atoms with Crippen molar-refractivity contribution in [3.05, 3.63) is 47.0 Å². The molecule has 0 fully saturated rings. The summed E-state index contributed by atoms with van der Waals surface area (Å²) in [5.74, 6) is 0. The third kappa shape index (κ3) is 3.40. The van der Waals surface area contributed by atoms with Gasteiger partial charge in [-0.2, -0.15) is 0 Å². The van der Waals surface area contributed by atoms with Crippen LogP contribution in [-0.4, -0.2) is 13.3 Å². The second kappa shape index (κ2) is 5.56. The molecule has 1 aromatic carbocycles. The van der Waals surface area contributed by atoms with Gasteiger partial charge in [0.15, 0.2) is 0 Å². The number of rotatable bonds is 3. The van der Waals surface area contributed by atoms with Gasteiger partial charge in [0, 0.05) is 4.47 Å². The Balaban J connectivity index is 2.83. The third-order valence-electron chi connectivity index (χ3n) is 1.78. The molecule has 0 saturated heterocycles. The van der Waals surface area contributed by atoms with Gasteiger partial charge in [-0.05, 0) is 23.8 Å². The number of halogens is 1. The number of carbonyl (C=O) groups is 1. The summed E-state index contributed by atoms with van der Waals surface area (Å²) in [6, 6.07) is 7.45. The Morgan fingerprint density at radius 1 is 1.60 bits per heavy atom. The van der Waals surface area contributed by atoms with Crippen LogP contribution in [0.4, 0.5) is 4.79 Å². The Hall–Kier alpha value is -1.29. The molecule has 1 rings (SSSR count). The van der Waals surface area contributed by atoms with Crippen LogP contribution in [0.5, 0.6) is 0 Å². The van der Waals surface area contributed by atoms with Gasteiger partial charge in [0.25, 0.3) is 0 Å². The highest BCUT2D eigenvalue weighted by molar-refractivity contribution is 9.10. The summed E-state index contributed by atoms with van der Waals surface area (Å²) in [6.45, 7) is 3.61. The Morgan fingerprint density at radius 3 is 2.87 bits per heavy atom. The maximum atomic E-state index is 10.9. The van der Waals surface area contributed by atoms with E-state index in [4.69, 9.17) is 4.74 Å². The molecule has 80 valence electrons. The van der Waals surface area contributed by atoms with E-state index in [0.29, 0.717) is 0 Å². The van der Waals surface area contributed by atoms with E-state index >= 15 is 0 Å². The van der Waals surface area contributed by atoms with Gasteiger partial charge in [-0.25, -0.2) is 4.79 Å². The van der Waals surface area contributed by atoms with Crippen molar-refractivity contribution in [1.82, 2.24) is 0 Å². The quantitative estimate of drug-likeness (QED) is 0.623. The van der Waals surface area contributed by atoms with E-state index in [-0.39, 0.29) is 0 Å². The molecule has 3 nitrogen and oxygen atoms in total.